The number of carbonyl (C=O) groups excluding carboxylic acids is 1. The molecule has 0 spiro atoms. The lowest BCUT2D eigenvalue weighted by molar-refractivity contribution is 0.0220. The second kappa shape index (κ2) is 7.45. The molecule has 2 rings (SSSR count). The summed E-state index contributed by atoms with van der Waals surface area (Å²) >= 11 is 0. The van der Waals surface area contributed by atoms with Gasteiger partial charge in [0.1, 0.15) is 5.60 Å². The molecule has 2 aliphatic heterocycles. The molecule has 0 aliphatic carbocycles. The summed E-state index contributed by atoms with van der Waals surface area (Å²) in [6, 6.07) is 0.326. The Balaban J connectivity index is 1.67. The molecule has 0 saturated carbocycles. The van der Waals surface area contributed by atoms with E-state index in [4.69, 9.17) is 9.47 Å². The normalized spacial score (nSPS) is 26.3. The van der Waals surface area contributed by atoms with Gasteiger partial charge in [0.2, 0.25) is 0 Å². The molecule has 2 unspecified atom stereocenters. The second-order valence-electron chi connectivity index (χ2n) is 7.19. The maximum absolute atomic E-state index is 12.2. The van der Waals surface area contributed by atoms with Crippen molar-refractivity contribution in [1.82, 2.24) is 10.2 Å². The maximum Gasteiger partial charge on any atom is 0.410 e. The highest BCUT2D eigenvalue weighted by Crippen LogP contribution is 2.22. The van der Waals surface area contributed by atoms with E-state index in [1.165, 1.54) is 6.42 Å². The van der Waals surface area contributed by atoms with Crippen LogP contribution in [-0.4, -0.2) is 55.5 Å². The molecular weight excluding hydrogens is 268 g/mol. The smallest absolute Gasteiger partial charge is 0.410 e. The third kappa shape index (κ3) is 5.47. The van der Waals surface area contributed by atoms with Crippen molar-refractivity contribution in [2.24, 2.45) is 5.92 Å². The number of nitrogens with zero attached hydrogens (tertiary/aromatic N) is 1. The quantitative estimate of drug-likeness (QED) is 0.792. The highest BCUT2D eigenvalue weighted by atomic mass is 16.6. The zero-order chi connectivity index (χ0) is 15.3. The molecule has 1 N–H and O–H groups in total. The van der Waals surface area contributed by atoms with E-state index in [1.54, 1.807) is 0 Å². The van der Waals surface area contributed by atoms with Crippen LogP contribution in [0.15, 0.2) is 0 Å². The number of amides is 1. The Hall–Kier alpha value is -0.810. The van der Waals surface area contributed by atoms with E-state index >= 15 is 0 Å². The van der Waals surface area contributed by atoms with Gasteiger partial charge in [0.25, 0.3) is 0 Å². The van der Waals surface area contributed by atoms with Gasteiger partial charge in [0.15, 0.2) is 0 Å². The van der Waals surface area contributed by atoms with Crippen LogP contribution < -0.4 is 5.32 Å². The lowest BCUT2D eigenvalue weighted by atomic mass is 10.1. The standard InChI is InChI=1S/C16H30N2O3/c1-16(2,3)21-15(19)18-9-4-5-14(18)6-8-17-11-13-7-10-20-12-13/h13-14,17H,4-12H2,1-3H3. The fraction of sp³-hybridized carbons (Fsp3) is 0.938. The Morgan fingerprint density at radius 2 is 2.19 bits per heavy atom. The molecule has 0 radical (unpaired) electrons. The number of hydrogen-bond donors (Lipinski definition) is 1. The fourth-order valence-corrected chi connectivity index (χ4v) is 3.02. The maximum atomic E-state index is 12.2. The van der Waals surface area contributed by atoms with E-state index in [0.29, 0.717) is 12.0 Å². The number of ether oxygens (including phenoxy) is 2. The van der Waals surface area contributed by atoms with Gasteiger partial charge in [-0.05, 0) is 58.9 Å². The van der Waals surface area contributed by atoms with E-state index in [1.807, 2.05) is 25.7 Å². The van der Waals surface area contributed by atoms with Crippen molar-refractivity contribution in [1.29, 1.82) is 0 Å². The lowest BCUT2D eigenvalue weighted by Crippen LogP contribution is -2.41. The molecule has 21 heavy (non-hydrogen) atoms. The van der Waals surface area contributed by atoms with Crippen LogP contribution >= 0.6 is 0 Å². The van der Waals surface area contributed by atoms with Crippen LogP contribution in [-0.2, 0) is 9.47 Å². The number of hydrogen-bond acceptors (Lipinski definition) is 4. The average Bonchev–Trinajstić information content (AvgIpc) is 3.04. The Morgan fingerprint density at radius 1 is 1.38 bits per heavy atom. The number of carbonyl (C=O) groups is 1. The van der Waals surface area contributed by atoms with Gasteiger partial charge in [-0.1, -0.05) is 0 Å². The van der Waals surface area contributed by atoms with Crippen LogP contribution in [0, 0.1) is 5.92 Å². The van der Waals surface area contributed by atoms with E-state index in [0.717, 1.165) is 52.1 Å². The zero-order valence-corrected chi connectivity index (χ0v) is 13.7. The monoisotopic (exact) mass is 298 g/mol. The first-order valence-electron chi connectivity index (χ1n) is 8.24. The minimum Gasteiger partial charge on any atom is -0.444 e. The van der Waals surface area contributed by atoms with Crippen LogP contribution in [0.25, 0.3) is 0 Å². The Bertz CT molecular complexity index is 335. The zero-order valence-electron chi connectivity index (χ0n) is 13.7. The molecule has 2 atom stereocenters. The van der Waals surface area contributed by atoms with Gasteiger partial charge in [-0.15, -0.1) is 0 Å². The van der Waals surface area contributed by atoms with Crippen LogP contribution in [0.3, 0.4) is 0 Å². The highest BCUT2D eigenvalue weighted by molar-refractivity contribution is 5.68. The van der Waals surface area contributed by atoms with Gasteiger partial charge in [-0.2, -0.15) is 0 Å². The van der Waals surface area contributed by atoms with Crippen LogP contribution in [0.4, 0.5) is 4.79 Å². The van der Waals surface area contributed by atoms with Crippen molar-refractivity contribution < 1.29 is 14.3 Å². The summed E-state index contributed by atoms with van der Waals surface area (Å²) in [4.78, 5) is 14.1. The van der Waals surface area contributed by atoms with E-state index in [2.05, 4.69) is 5.32 Å². The molecule has 2 aliphatic rings. The van der Waals surface area contributed by atoms with Crippen LogP contribution in [0.5, 0.6) is 0 Å². The van der Waals surface area contributed by atoms with Crippen LogP contribution in [0.1, 0.15) is 46.5 Å². The van der Waals surface area contributed by atoms with Crippen molar-refractivity contribution in [3.05, 3.63) is 0 Å². The molecule has 1 amide bonds. The predicted molar refractivity (Wildman–Crippen MR) is 82.4 cm³/mol. The molecule has 2 heterocycles. The second-order valence-corrected chi connectivity index (χ2v) is 7.19. The number of nitrogens with one attached hydrogen (secondary N) is 1. The molecule has 0 bridgehead atoms. The Kier molecular flexibility index (Phi) is 5.88. The first-order valence-corrected chi connectivity index (χ1v) is 8.24. The Labute approximate surface area is 128 Å². The molecule has 0 aromatic rings. The first kappa shape index (κ1) is 16.6. The lowest BCUT2D eigenvalue weighted by Gasteiger charge is -2.28. The average molecular weight is 298 g/mol. The van der Waals surface area contributed by atoms with Crippen molar-refractivity contribution in [3.8, 4) is 0 Å². The Morgan fingerprint density at radius 3 is 2.86 bits per heavy atom. The van der Waals surface area contributed by atoms with Gasteiger partial charge < -0.3 is 19.7 Å². The van der Waals surface area contributed by atoms with E-state index < -0.39 is 5.60 Å². The largest absolute Gasteiger partial charge is 0.444 e. The molecule has 0 aromatic carbocycles. The van der Waals surface area contributed by atoms with Crippen molar-refractivity contribution >= 4 is 6.09 Å². The molecule has 5 nitrogen and oxygen atoms in total. The summed E-state index contributed by atoms with van der Waals surface area (Å²) in [6.45, 7) is 10.4. The number of likely N-dealkylation sites (tertiary alicyclic amines) is 1. The minimum atomic E-state index is -0.412. The summed E-state index contributed by atoms with van der Waals surface area (Å²) in [6.07, 6.45) is 4.19. The summed E-state index contributed by atoms with van der Waals surface area (Å²) < 4.78 is 10.9. The molecule has 2 fully saturated rings. The van der Waals surface area contributed by atoms with E-state index in [-0.39, 0.29) is 6.09 Å². The molecule has 5 heteroatoms. The topological polar surface area (TPSA) is 50.8 Å². The fourth-order valence-electron chi connectivity index (χ4n) is 3.02. The summed E-state index contributed by atoms with van der Waals surface area (Å²) in [5, 5.41) is 3.50. The molecule has 2 saturated heterocycles. The van der Waals surface area contributed by atoms with Crippen LogP contribution in [0.2, 0.25) is 0 Å². The SMILES string of the molecule is CC(C)(C)OC(=O)N1CCCC1CCNCC1CCOC1. The molecule has 122 valence electrons. The van der Waals surface area contributed by atoms with Gasteiger partial charge in [-0.3, -0.25) is 0 Å². The molecular formula is C16H30N2O3. The van der Waals surface area contributed by atoms with Crippen molar-refractivity contribution in [3.63, 3.8) is 0 Å². The number of rotatable bonds is 5. The van der Waals surface area contributed by atoms with E-state index in [9.17, 15) is 4.79 Å². The predicted octanol–water partition coefficient (Wildman–Crippen LogP) is 2.40. The third-order valence-electron chi connectivity index (χ3n) is 4.12. The summed E-state index contributed by atoms with van der Waals surface area (Å²) in [7, 11) is 0. The first-order chi connectivity index (χ1) is 9.96. The van der Waals surface area contributed by atoms with Gasteiger partial charge in [0, 0.05) is 25.7 Å². The van der Waals surface area contributed by atoms with Crippen molar-refractivity contribution in [2.45, 2.75) is 58.1 Å². The summed E-state index contributed by atoms with van der Waals surface area (Å²) in [5.41, 5.74) is -0.412. The van der Waals surface area contributed by atoms with Gasteiger partial charge in [-0.25, -0.2) is 4.79 Å². The van der Waals surface area contributed by atoms with Gasteiger partial charge in [0.05, 0.1) is 6.61 Å². The minimum absolute atomic E-state index is 0.158. The molecule has 0 aromatic heterocycles. The summed E-state index contributed by atoms with van der Waals surface area (Å²) in [5.74, 6) is 0.663. The highest BCUT2D eigenvalue weighted by Gasteiger charge is 2.31. The third-order valence-corrected chi connectivity index (χ3v) is 4.12. The van der Waals surface area contributed by atoms with Crippen molar-refractivity contribution in [2.75, 3.05) is 32.8 Å². The van der Waals surface area contributed by atoms with Gasteiger partial charge >= 0.3 is 6.09 Å².